The van der Waals surface area contributed by atoms with E-state index in [0.29, 0.717) is 0 Å². The fraction of sp³-hybridized carbons (Fsp3) is 0.857. The molecule has 0 fully saturated rings. The zero-order valence-electron chi connectivity index (χ0n) is 7.86. The molecular weight excluding hydrogens is 174 g/mol. The Bertz CT molecular complexity index is 180. The first-order valence-electron chi connectivity index (χ1n) is 3.96. The molecule has 0 spiro atoms. The molecule has 0 radical (unpaired) electrons. The van der Waals surface area contributed by atoms with E-state index in [2.05, 4.69) is 10.5 Å². The third-order valence-electron chi connectivity index (χ3n) is 1.82. The van der Waals surface area contributed by atoms with E-state index in [9.17, 15) is 0 Å². The normalized spacial score (nSPS) is 15.8. The van der Waals surface area contributed by atoms with Gasteiger partial charge in [-0.25, -0.2) is 0 Å². The molecule has 0 aliphatic carbocycles. The van der Waals surface area contributed by atoms with Crippen LogP contribution in [0.3, 0.4) is 0 Å². The Morgan fingerprint density at radius 2 is 2.00 bits per heavy atom. The van der Waals surface area contributed by atoms with Crippen LogP contribution in [0.4, 0.5) is 0 Å². The maximum atomic E-state index is 8.92. The molecule has 0 saturated heterocycles. The van der Waals surface area contributed by atoms with Crippen LogP contribution in [0.15, 0.2) is 5.16 Å². The minimum Gasteiger partial charge on any atom is -0.409 e. The molecule has 6 heteroatoms. The molecule has 6 N–H and O–H groups in total. The second-order valence-corrected chi connectivity index (χ2v) is 3.27. The Labute approximate surface area is 77.1 Å². The maximum Gasteiger partial charge on any atom is 0.156 e. The number of hydrogen-bond donors (Lipinski definition) is 5. The second kappa shape index (κ2) is 5.00. The standard InChI is InChI=1S/C7H17N3O3/c1-5(6(8)10-13)9-7(2,3-11)4-12/h5,9,11-13H,3-4H2,1-2H3,(H2,8,10). The van der Waals surface area contributed by atoms with Gasteiger partial charge in [-0.2, -0.15) is 0 Å². The Morgan fingerprint density at radius 1 is 1.54 bits per heavy atom. The molecule has 0 saturated carbocycles. The average Bonchev–Trinajstić information content (AvgIpc) is 2.16. The van der Waals surface area contributed by atoms with E-state index < -0.39 is 11.6 Å². The minimum atomic E-state index is -0.825. The van der Waals surface area contributed by atoms with Crippen LogP contribution < -0.4 is 11.1 Å². The van der Waals surface area contributed by atoms with Crippen LogP contribution in [-0.2, 0) is 0 Å². The van der Waals surface area contributed by atoms with Gasteiger partial charge in [0.1, 0.15) is 0 Å². The Morgan fingerprint density at radius 3 is 2.31 bits per heavy atom. The molecule has 1 unspecified atom stereocenters. The van der Waals surface area contributed by atoms with Gasteiger partial charge in [-0.3, -0.25) is 5.32 Å². The summed E-state index contributed by atoms with van der Waals surface area (Å²) in [7, 11) is 0. The van der Waals surface area contributed by atoms with E-state index in [1.54, 1.807) is 13.8 Å². The molecule has 78 valence electrons. The van der Waals surface area contributed by atoms with E-state index in [1.807, 2.05) is 0 Å². The zero-order chi connectivity index (χ0) is 10.5. The van der Waals surface area contributed by atoms with Gasteiger partial charge in [-0.1, -0.05) is 5.16 Å². The molecule has 6 nitrogen and oxygen atoms in total. The highest BCUT2D eigenvalue weighted by atomic mass is 16.4. The number of oxime groups is 1. The summed E-state index contributed by atoms with van der Waals surface area (Å²) in [4.78, 5) is 0. The molecule has 0 bridgehead atoms. The van der Waals surface area contributed by atoms with Gasteiger partial charge in [-0.15, -0.1) is 0 Å². The molecule has 0 aromatic carbocycles. The molecule has 13 heavy (non-hydrogen) atoms. The maximum absolute atomic E-state index is 8.92. The number of nitrogens with two attached hydrogens (primary N) is 1. The molecule has 1 atom stereocenters. The first-order valence-corrected chi connectivity index (χ1v) is 3.96. The molecule has 0 aliphatic rings. The summed E-state index contributed by atoms with van der Waals surface area (Å²) in [6, 6.07) is -0.408. The van der Waals surface area contributed by atoms with Crippen LogP contribution in [0, 0.1) is 0 Å². The third kappa shape index (κ3) is 3.58. The number of nitrogens with one attached hydrogen (secondary N) is 1. The number of hydrogen-bond acceptors (Lipinski definition) is 5. The van der Waals surface area contributed by atoms with Crippen LogP contribution in [-0.4, -0.2) is 46.1 Å². The van der Waals surface area contributed by atoms with Crippen molar-refractivity contribution in [3.8, 4) is 0 Å². The molecular formula is C7H17N3O3. The summed E-state index contributed by atoms with van der Waals surface area (Å²) in [6.07, 6.45) is 0. The molecule has 0 amide bonds. The van der Waals surface area contributed by atoms with Gasteiger partial charge >= 0.3 is 0 Å². The monoisotopic (exact) mass is 191 g/mol. The largest absolute Gasteiger partial charge is 0.409 e. The van der Waals surface area contributed by atoms with Gasteiger partial charge in [0.2, 0.25) is 0 Å². The zero-order valence-corrected chi connectivity index (χ0v) is 7.86. The summed E-state index contributed by atoms with van der Waals surface area (Å²) in [5.41, 5.74) is 4.48. The second-order valence-electron chi connectivity index (χ2n) is 3.27. The fourth-order valence-corrected chi connectivity index (χ4v) is 0.825. The predicted molar refractivity (Wildman–Crippen MR) is 48.6 cm³/mol. The Balaban J connectivity index is 4.25. The lowest BCUT2D eigenvalue weighted by Gasteiger charge is -2.29. The van der Waals surface area contributed by atoms with E-state index >= 15 is 0 Å². The van der Waals surface area contributed by atoms with Crippen LogP contribution in [0.25, 0.3) is 0 Å². The van der Waals surface area contributed by atoms with Crippen molar-refractivity contribution in [1.82, 2.24) is 5.32 Å². The van der Waals surface area contributed by atoms with Gasteiger partial charge in [-0.05, 0) is 13.8 Å². The molecule has 0 rings (SSSR count). The summed E-state index contributed by atoms with van der Waals surface area (Å²) >= 11 is 0. The van der Waals surface area contributed by atoms with E-state index in [1.165, 1.54) is 0 Å². The average molecular weight is 191 g/mol. The Hall–Kier alpha value is -0.850. The van der Waals surface area contributed by atoms with Crippen molar-refractivity contribution in [3.63, 3.8) is 0 Å². The Kier molecular flexibility index (Phi) is 4.68. The van der Waals surface area contributed by atoms with Crippen molar-refractivity contribution >= 4 is 5.84 Å². The fourth-order valence-electron chi connectivity index (χ4n) is 0.825. The van der Waals surface area contributed by atoms with Gasteiger partial charge < -0.3 is 21.2 Å². The quantitative estimate of drug-likeness (QED) is 0.156. The lowest BCUT2D eigenvalue weighted by atomic mass is 10.0. The number of amidine groups is 1. The SMILES string of the molecule is CC(NC(C)(CO)CO)C(N)=NO. The lowest BCUT2D eigenvalue weighted by molar-refractivity contribution is 0.101. The number of nitrogens with zero attached hydrogens (tertiary/aromatic N) is 1. The predicted octanol–water partition coefficient (Wildman–Crippen LogP) is -1.55. The lowest BCUT2D eigenvalue weighted by Crippen LogP contribution is -2.56. The first kappa shape index (κ1) is 12.2. The van der Waals surface area contributed by atoms with Crippen molar-refractivity contribution in [2.75, 3.05) is 13.2 Å². The van der Waals surface area contributed by atoms with Crippen molar-refractivity contribution in [3.05, 3.63) is 0 Å². The van der Waals surface area contributed by atoms with E-state index in [4.69, 9.17) is 21.2 Å². The highest BCUT2D eigenvalue weighted by molar-refractivity contribution is 5.84. The van der Waals surface area contributed by atoms with Crippen molar-refractivity contribution in [2.45, 2.75) is 25.4 Å². The van der Waals surface area contributed by atoms with Crippen molar-refractivity contribution < 1.29 is 15.4 Å². The third-order valence-corrected chi connectivity index (χ3v) is 1.82. The number of rotatable bonds is 5. The van der Waals surface area contributed by atoms with Crippen molar-refractivity contribution in [1.29, 1.82) is 0 Å². The summed E-state index contributed by atoms with van der Waals surface area (Å²) in [5, 5.41) is 31.8. The number of aliphatic hydroxyl groups excluding tert-OH is 2. The van der Waals surface area contributed by atoms with Gasteiger partial charge in [0.05, 0.1) is 24.8 Å². The van der Waals surface area contributed by atoms with E-state index in [-0.39, 0.29) is 19.0 Å². The summed E-state index contributed by atoms with van der Waals surface area (Å²) in [6.45, 7) is 2.84. The topological polar surface area (TPSA) is 111 Å². The minimum absolute atomic E-state index is 0.00752. The molecule has 0 aromatic heterocycles. The van der Waals surface area contributed by atoms with Crippen molar-refractivity contribution in [2.24, 2.45) is 10.9 Å². The highest BCUT2D eigenvalue weighted by Crippen LogP contribution is 2.02. The van der Waals surface area contributed by atoms with Crippen LogP contribution >= 0.6 is 0 Å². The molecule has 0 aliphatic heterocycles. The summed E-state index contributed by atoms with van der Waals surface area (Å²) in [5.74, 6) is 0.00752. The smallest absolute Gasteiger partial charge is 0.156 e. The molecule has 0 heterocycles. The van der Waals surface area contributed by atoms with E-state index in [0.717, 1.165) is 0 Å². The van der Waals surface area contributed by atoms with Gasteiger partial charge in [0, 0.05) is 0 Å². The highest BCUT2D eigenvalue weighted by Gasteiger charge is 2.25. The van der Waals surface area contributed by atoms with Gasteiger partial charge in [0.15, 0.2) is 5.84 Å². The summed E-state index contributed by atoms with van der Waals surface area (Å²) < 4.78 is 0. The van der Waals surface area contributed by atoms with Crippen LogP contribution in [0.1, 0.15) is 13.8 Å². The first-order chi connectivity index (χ1) is 5.99. The number of aliphatic hydroxyl groups is 2. The van der Waals surface area contributed by atoms with Gasteiger partial charge in [0.25, 0.3) is 0 Å². The van der Waals surface area contributed by atoms with Crippen LogP contribution in [0.5, 0.6) is 0 Å². The van der Waals surface area contributed by atoms with Crippen LogP contribution in [0.2, 0.25) is 0 Å². The molecule has 0 aromatic rings.